The van der Waals surface area contributed by atoms with E-state index in [-0.39, 0.29) is 11.9 Å². The van der Waals surface area contributed by atoms with E-state index < -0.39 is 0 Å². The first-order valence-electron chi connectivity index (χ1n) is 6.84. The molecule has 0 bridgehead atoms. The summed E-state index contributed by atoms with van der Waals surface area (Å²) in [5, 5.41) is 0. The van der Waals surface area contributed by atoms with Gasteiger partial charge in [0.2, 0.25) is 0 Å². The van der Waals surface area contributed by atoms with Gasteiger partial charge in [0.15, 0.2) is 0 Å². The zero-order valence-electron chi connectivity index (χ0n) is 10.8. The van der Waals surface area contributed by atoms with Crippen LogP contribution in [0.25, 0.3) is 0 Å². The zero-order chi connectivity index (χ0) is 12.8. The van der Waals surface area contributed by atoms with Crippen LogP contribution in [0.4, 0.5) is 4.39 Å². The summed E-state index contributed by atoms with van der Waals surface area (Å²) in [4.78, 5) is 0. The van der Waals surface area contributed by atoms with E-state index in [1.807, 2.05) is 6.07 Å². The first-order valence-corrected chi connectivity index (χ1v) is 6.84. The summed E-state index contributed by atoms with van der Waals surface area (Å²) in [6.45, 7) is 1.27. The number of hydrogen-bond donors (Lipinski definition) is 1. The summed E-state index contributed by atoms with van der Waals surface area (Å²) in [6.07, 6.45) is 6.55. The van der Waals surface area contributed by atoms with E-state index in [1.165, 1.54) is 44.2 Å². The molecule has 2 rings (SSSR count). The normalized spacial score (nSPS) is 18.8. The third-order valence-electron chi connectivity index (χ3n) is 3.65. The zero-order valence-corrected chi connectivity index (χ0v) is 10.8. The molecule has 0 aliphatic heterocycles. The van der Waals surface area contributed by atoms with E-state index in [2.05, 4.69) is 0 Å². The average molecular weight is 251 g/mol. The summed E-state index contributed by atoms with van der Waals surface area (Å²) < 4.78 is 18.7. The lowest BCUT2D eigenvalue weighted by atomic mass is 9.90. The Morgan fingerprint density at radius 3 is 2.78 bits per heavy atom. The quantitative estimate of drug-likeness (QED) is 0.870. The Bertz CT molecular complexity index is 363. The predicted octanol–water partition coefficient (Wildman–Crippen LogP) is 3.42. The van der Waals surface area contributed by atoms with Crippen LogP contribution in [0.3, 0.4) is 0 Å². The van der Waals surface area contributed by atoms with Crippen molar-refractivity contribution < 1.29 is 9.13 Å². The highest BCUT2D eigenvalue weighted by molar-refractivity contribution is 5.19. The molecule has 0 heterocycles. The molecule has 1 aromatic rings. The van der Waals surface area contributed by atoms with Crippen LogP contribution in [0.15, 0.2) is 24.3 Å². The second-order valence-corrected chi connectivity index (χ2v) is 5.20. The number of nitrogens with two attached hydrogens (primary N) is 1. The van der Waals surface area contributed by atoms with Crippen molar-refractivity contribution in [2.75, 3.05) is 13.2 Å². The van der Waals surface area contributed by atoms with Gasteiger partial charge in [-0.25, -0.2) is 4.39 Å². The molecule has 0 aromatic heterocycles. The highest BCUT2D eigenvalue weighted by Crippen LogP contribution is 2.24. The van der Waals surface area contributed by atoms with Crippen LogP contribution in [0.5, 0.6) is 0 Å². The van der Waals surface area contributed by atoms with Crippen molar-refractivity contribution in [3.8, 4) is 0 Å². The van der Waals surface area contributed by atoms with E-state index in [0.29, 0.717) is 12.5 Å². The second-order valence-electron chi connectivity index (χ2n) is 5.20. The number of hydrogen-bond acceptors (Lipinski definition) is 2. The van der Waals surface area contributed by atoms with Gasteiger partial charge in [0.25, 0.3) is 0 Å². The third kappa shape index (κ3) is 4.07. The summed E-state index contributed by atoms with van der Waals surface area (Å²) in [5.74, 6) is 0.452. The Morgan fingerprint density at radius 2 is 2.06 bits per heavy atom. The molecule has 0 amide bonds. The number of ether oxygens (including phenoxy) is 1. The maximum absolute atomic E-state index is 13.0. The van der Waals surface area contributed by atoms with Crippen LogP contribution >= 0.6 is 0 Å². The van der Waals surface area contributed by atoms with Crippen LogP contribution < -0.4 is 5.73 Å². The molecule has 1 saturated carbocycles. The Kier molecular flexibility index (Phi) is 5.14. The Hall–Kier alpha value is -0.930. The number of halogens is 1. The lowest BCUT2D eigenvalue weighted by Gasteiger charge is -2.22. The summed E-state index contributed by atoms with van der Waals surface area (Å²) >= 11 is 0. The monoisotopic (exact) mass is 251 g/mol. The fourth-order valence-corrected chi connectivity index (χ4v) is 2.55. The molecule has 0 saturated heterocycles. The minimum absolute atomic E-state index is 0.232. The molecular formula is C15H22FNO. The molecule has 2 N–H and O–H groups in total. The Balaban J connectivity index is 1.72. The maximum Gasteiger partial charge on any atom is 0.123 e. The Morgan fingerprint density at radius 1 is 1.28 bits per heavy atom. The molecule has 18 heavy (non-hydrogen) atoms. The predicted molar refractivity (Wildman–Crippen MR) is 70.7 cm³/mol. The SMILES string of the molecule is NC(COCC1CCCCC1)c1cccc(F)c1. The van der Waals surface area contributed by atoms with Crippen molar-refractivity contribution in [1.29, 1.82) is 0 Å². The fraction of sp³-hybridized carbons (Fsp3) is 0.600. The second kappa shape index (κ2) is 6.86. The molecule has 2 nitrogen and oxygen atoms in total. The first kappa shape index (κ1) is 13.5. The molecule has 1 aliphatic carbocycles. The van der Waals surface area contributed by atoms with Gasteiger partial charge in [0.1, 0.15) is 5.82 Å². The third-order valence-corrected chi connectivity index (χ3v) is 3.65. The van der Waals surface area contributed by atoms with Crippen LogP contribution in [-0.4, -0.2) is 13.2 Å². The molecule has 1 fully saturated rings. The number of rotatable bonds is 5. The van der Waals surface area contributed by atoms with Crippen LogP contribution in [0.1, 0.15) is 43.7 Å². The van der Waals surface area contributed by atoms with Gasteiger partial charge in [0, 0.05) is 6.61 Å². The van der Waals surface area contributed by atoms with Crippen molar-refractivity contribution in [3.05, 3.63) is 35.6 Å². The highest BCUT2D eigenvalue weighted by Gasteiger charge is 2.14. The minimum Gasteiger partial charge on any atom is -0.379 e. The van der Waals surface area contributed by atoms with Gasteiger partial charge in [-0.15, -0.1) is 0 Å². The lowest BCUT2D eigenvalue weighted by Crippen LogP contribution is -2.21. The summed E-state index contributed by atoms with van der Waals surface area (Å²) in [6, 6.07) is 6.21. The van der Waals surface area contributed by atoms with Gasteiger partial charge in [-0.2, -0.15) is 0 Å². The van der Waals surface area contributed by atoms with E-state index in [9.17, 15) is 4.39 Å². The standard InChI is InChI=1S/C15H22FNO/c16-14-8-4-7-13(9-14)15(17)11-18-10-12-5-2-1-3-6-12/h4,7-9,12,15H,1-3,5-6,10-11,17H2. The van der Waals surface area contributed by atoms with E-state index >= 15 is 0 Å². The topological polar surface area (TPSA) is 35.2 Å². The molecule has 1 aromatic carbocycles. The van der Waals surface area contributed by atoms with Gasteiger partial charge in [0.05, 0.1) is 12.6 Å². The molecule has 1 aliphatic rings. The minimum atomic E-state index is -0.241. The Labute approximate surface area is 108 Å². The van der Waals surface area contributed by atoms with Gasteiger partial charge < -0.3 is 10.5 Å². The molecule has 100 valence electrons. The van der Waals surface area contributed by atoms with Gasteiger partial charge in [-0.3, -0.25) is 0 Å². The fourth-order valence-electron chi connectivity index (χ4n) is 2.55. The van der Waals surface area contributed by atoms with E-state index in [1.54, 1.807) is 6.07 Å². The van der Waals surface area contributed by atoms with Crippen molar-refractivity contribution >= 4 is 0 Å². The number of benzene rings is 1. The molecule has 0 radical (unpaired) electrons. The molecular weight excluding hydrogens is 229 g/mol. The van der Waals surface area contributed by atoms with Crippen LogP contribution in [0, 0.1) is 11.7 Å². The van der Waals surface area contributed by atoms with Crippen molar-refractivity contribution in [1.82, 2.24) is 0 Å². The smallest absolute Gasteiger partial charge is 0.123 e. The maximum atomic E-state index is 13.0. The van der Waals surface area contributed by atoms with Crippen LogP contribution in [-0.2, 0) is 4.74 Å². The summed E-state index contributed by atoms with van der Waals surface area (Å²) in [5.41, 5.74) is 6.79. The summed E-state index contributed by atoms with van der Waals surface area (Å²) in [7, 11) is 0. The lowest BCUT2D eigenvalue weighted by molar-refractivity contribution is 0.0759. The highest BCUT2D eigenvalue weighted by atomic mass is 19.1. The first-order chi connectivity index (χ1) is 8.75. The molecule has 3 heteroatoms. The average Bonchev–Trinajstić information content (AvgIpc) is 2.40. The van der Waals surface area contributed by atoms with E-state index in [4.69, 9.17) is 10.5 Å². The van der Waals surface area contributed by atoms with Crippen molar-refractivity contribution in [2.24, 2.45) is 11.7 Å². The van der Waals surface area contributed by atoms with Crippen molar-refractivity contribution in [3.63, 3.8) is 0 Å². The molecule has 1 unspecified atom stereocenters. The van der Waals surface area contributed by atoms with Gasteiger partial charge in [-0.05, 0) is 36.5 Å². The molecule has 1 atom stereocenters. The largest absolute Gasteiger partial charge is 0.379 e. The van der Waals surface area contributed by atoms with E-state index in [0.717, 1.165) is 12.2 Å². The van der Waals surface area contributed by atoms with Crippen LogP contribution in [0.2, 0.25) is 0 Å². The molecule has 0 spiro atoms. The van der Waals surface area contributed by atoms with Crippen molar-refractivity contribution in [2.45, 2.75) is 38.1 Å². The van der Waals surface area contributed by atoms with Gasteiger partial charge >= 0.3 is 0 Å². The van der Waals surface area contributed by atoms with Gasteiger partial charge in [-0.1, -0.05) is 31.4 Å².